The zero-order valence-corrected chi connectivity index (χ0v) is 13.6. The van der Waals surface area contributed by atoms with E-state index in [0.29, 0.717) is 28.1 Å². The van der Waals surface area contributed by atoms with Crippen LogP contribution in [0.1, 0.15) is 42.5 Å². The zero-order valence-electron chi connectivity index (χ0n) is 12.9. The average molecular weight is 330 g/mol. The maximum atomic E-state index is 12.5. The molecule has 5 heteroatoms. The summed E-state index contributed by atoms with van der Waals surface area (Å²) in [7, 11) is 0. The van der Waals surface area contributed by atoms with E-state index in [1.807, 2.05) is 0 Å². The number of aromatic nitrogens is 1. The summed E-state index contributed by atoms with van der Waals surface area (Å²) in [4.78, 5) is 16.9. The van der Waals surface area contributed by atoms with Gasteiger partial charge in [-0.05, 0) is 49.2 Å². The lowest BCUT2D eigenvalue weighted by Crippen LogP contribution is -2.25. The Labute approximate surface area is 141 Å². The predicted octanol–water partition coefficient (Wildman–Crippen LogP) is 4.73. The smallest absolute Gasteiger partial charge is 0.259 e. The highest BCUT2D eigenvalue weighted by Crippen LogP contribution is 2.23. The Hall–Kier alpha value is -2.07. The summed E-state index contributed by atoms with van der Waals surface area (Å²) in [6.07, 6.45) is 7.74. The lowest BCUT2D eigenvalue weighted by atomic mass is 9.95. The van der Waals surface area contributed by atoms with E-state index < -0.39 is 0 Å². The van der Waals surface area contributed by atoms with Crippen LogP contribution in [0.2, 0.25) is 5.02 Å². The molecule has 2 aromatic rings. The van der Waals surface area contributed by atoms with Crippen LogP contribution in [-0.2, 0) is 0 Å². The number of hydrogen-bond acceptors (Lipinski definition) is 3. The molecular weight excluding hydrogens is 310 g/mol. The van der Waals surface area contributed by atoms with E-state index >= 15 is 0 Å². The van der Waals surface area contributed by atoms with E-state index in [2.05, 4.69) is 15.6 Å². The van der Waals surface area contributed by atoms with E-state index in [1.165, 1.54) is 19.3 Å². The van der Waals surface area contributed by atoms with Gasteiger partial charge in [0.1, 0.15) is 5.82 Å². The quantitative estimate of drug-likeness (QED) is 0.852. The maximum absolute atomic E-state index is 12.5. The second kappa shape index (κ2) is 7.47. The second-order valence-corrected chi connectivity index (χ2v) is 6.28. The molecule has 1 aliphatic rings. The fourth-order valence-electron chi connectivity index (χ4n) is 2.88. The van der Waals surface area contributed by atoms with Crippen LogP contribution in [0.5, 0.6) is 0 Å². The number of benzene rings is 1. The zero-order chi connectivity index (χ0) is 16.1. The number of nitrogens with zero attached hydrogens (tertiary/aromatic N) is 1. The highest BCUT2D eigenvalue weighted by molar-refractivity contribution is 6.30. The minimum absolute atomic E-state index is 0.168. The van der Waals surface area contributed by atoms with Crippen LogP contribution in [0.15, 0.2) is 42.6 Å². The van der Waals surface area contributed by atoms with E-state index in [1.54, 1.807) is 42.6 Å². The van der Waals surface area contributed by atoms with Crippen molar-refractivity contribution in [2.75, 3.05) is 10.6 Å². The number of hydrogen-bond donors (Lipinski definition) is 2. The van der Waals surface area contributed by atoms with Crippen molar-refractivity contribution < 1.29 is 4.79 Å². The number of anilines is 2. The van der Waals surface area contributed by atoms with Crippen molar-refractivity contribution in [2.24, 2.45) is 0 Å². The van der Waals surface area contributed by atoms with E-state index in [9.17, 15) is 4.79 Å². The van der Waals surface area contributed by atoms with Crippen molar-refractivity contribution in [3.63, 3.8) is 0 Å². The Balaban J connectivity index is 1.73. The van der Waals surface area contributed by atoms with E-state index in [4.69, 9.17) is 11.6 Å². The molecule has 23 heavy (non-hydrogen) atoms. The first-order valence-electron chi connectivity index (χ1n) is 8.01. The summed E-state index contributed by atoms with van der Waals surface area (Å²) < 4.78 is 0. The van der Waals surface area contributed by atoms with Crippen LogP contribution < -0.4 is 10.6 Å². The standard InChI is InChI=1S/C18H20ClN3O/c19-13-8-10-15(11-9-13)22-18(23)16-7-4-12-20-17(16)21-14-5-2-1-3-6-14/h4,7-12,14H,1-3,5-6H2,(H,20,21)(H,22,23). The fourth-order valence-corrected chi connectivity index (χ4v) is 3.00. The molecule has 120 valence electrons. The van der Waals surface area contributed by atoms with E-state index in [-0.39, 0.29) is 5.91 Å². The summed E-state index contributed by atoms with van der Waals surface area (Å²) in [5.74, 6) is 0.490. The molecule has 0 atom stereocenters. The molecule has 2 N–H and O–H groups in total. The molecule has 1 amide bonds. The van der Waals surface area contributed by atoms with Crippen LogP contribution in [0.3, 0.4) is 0 Å². The van der Waals surface area contributed by atoms with Crippen LogP contribution in [0.4, 0.5) is 11.5 Å². The number of nitrogens with one attached hydrogen (secondary N) is 2. The number of amides is 1. The van der Waals surface area contributed by atoms with Gasteiger partial charge in [0.05, 0.1) is 5.56 Å². The minimum atomic E-state index is -0.168. The van der Waals surface area contributed by atoms with Crippen LogP contribution in [0.25, 0.3) is 0 Å². The van der Waals surface area contributed by atoms with Gasteiger partial charge in [-0.15, -0.1) is 0 Å². The van der Waals surface area contributed by atoms with E-state index in [0.717, 1.165) is 12.8 Å². The molecule has 0 aliphatic heterocycles. The van der Waals surface area contributed by atoms with Gasteiger partial charge in [0.15, 0.2) is 0 Å². The first-order valence-corrected chi connectivity index (χ1v) is 8.38. The summed E-state index contributed by atoms with van der Waals surface area (Å²) in [6.45, 7) is 0. The summed E-state index contributed by atoms with van der Waals surface area (Å²) in [6, 6.07) is 11.0. The summed E-state index contributed by atoms with van der Waals surface area (Å²) in [5.41, 5.74) is 1.28. The van der Waals surface area contributed by atoms with Crippen molar-refractivity contribution in [1.82, 2.24) is 4.98 Å². The SMILES string of the molecule is O=C(Nc1ccc(Cl)cc1)c1cccnc1NC1CCCCC1. The number of carbonyl (C=O) groups excluding carboxylic acids is 1. The first kappa shape index (κ1) is 15.8. The maximum Gasteiger partial charge on any atom is 0.259 e. The predicted molar refractivity (Wildman–Crippen MR) is 94.1 cm³/mol. The third-order valence-corrected chi connectivity index (χ3v) is 4.35. The van der Waals surface area contributed by atoms with Gasteiger partial charge in [-0.25, -0.2) is 4.98 Å². The van der Waals surface area contributed by atoms with Gasteiger partial charge >= 0.3 is 0 Å². The highest BCUT2D eigenvalue weighted by Gasteiger charge is 2.18. The molecule has 0 saturated heterocycles. The summed E-state index contributed by atoms with van der Waals surface area (Å²) in [5, 5.41) is 6.96. The molecule has 4 nitrogen and oxygen atoms in total. The molecule has 1 heterocycles. The third-order valence-electron chi connectivity index (χ3n) is 4.10. The molecule has 1 aromatic carbocycles. The highest BCUT2D eigenvalue weighted by atomic mass is 35.5. The van der Waals surface area contributed by atoms with Crippen LogP contribution in [0, 0.1) is 0 Å². The van der Waals surface area contributed by atoms with Crippen LogP contribution >= 0.6 is 11.6 Å². The van der Waals surface area contributed by atoms with Crippen molar-refractivity contribution in [3.8, 4) is 0 Å². The molecule has 0 bridgehead atoms. The molecule has 1 aromatic heterocycles. The van der Waals surface area contributed by atoms with Crippen molar-refractivity contribution >= 4 is 29.0 Å². The molecule has 0 radical (unpaired) electrons. The normalized spacial score (nSPS) is 15.2. The van der Waals surface area contributed by atoms with Gasteiger partial charge in [0.2, 0.25) is 0 Å². The first-order chi connectivity index (χ1) is 11.2. The third kappa shape index (κ3) is 4.23. The Morgan fingerprint density at radius 2 is 1.83 bits per heavy atom. The van der Waals surface area contributed by atoms with Gasteiger partial charge in [-0.1, -0.05) is 30.9 Å². The average Bonchev–Trinajstić information content (AvgIpc) is 2.58. The van der Waals surface area contributed by atoms with Gasteiger partial charge < -0.3 is 10.6 Å². The minimum Gasteiger partial charge on any atom is -0.367 e. The van der Waals surface area contributed by atoms with Gasteiger partial charge in [0, 0.05) is 22.9 Å². The number of pyridine rings is 1. The molecule has 1 saturated carbocycles. The summed E-state index contributed by atoms with van der Waals surface area (Å²) >= 11 is 5.87. The Bertz CT molecular complexity index is 666. The monoisotopic (exact) mass is 329 g/mol. The van der Waals surface area contributed by atoms with Crippen LogP contribution in [-0.4, -0.2) is 16.9 Å². The number of carbonyl (C=O) groups is 1. The molecule has 0 unspecified atom stereocenters. The largest absolute Gasteiger partial charge is 0.367 e. The van der Waals surface area contributed by atoms with Crippen molar-refractivity contribution in [2.45, 2.75) is 38.1 Å². The number of halogens is 1. The van der Waals surface area contributed by atoms with Gasteiger partial charge in [-0.3, -0.25) is 4.79 Å². The van der Waals surface area contributed by atoms with Gasteiger partial charge in [0.25, 0.3) is 5.91 Å². The lowest BCUT2D eigenvalue weighted by molar-refractivity contribution is 0.102. The molecule has 3 rings (SSSR count). The Morgan fingerprint density at radius 1 is 1.09 bits per heavy atom. The Kier molecular flexibility index (Phi) is 5.13. The molecule has 1 fully saturated rings. The fraction of sp³-hybridized carbons (Fsp3) is 0.333. The van der Waals surface area contributed by atoms with Gasteiger partial charge in [-0.2, -0.15) is 0 Å². The number of rotatable bonds is 4. The Morgan fingerprint density at radius 3 is 2.57 bits per heavy atom. The second-order valence-electron chi connectivity index (χ2n) is 5.84. The molecule has 1 aliphatic carbocycles. The topological polar surface area (TPSA) is 54.0 Å². The molecular formula is C18H20ClN3O. The van der Waals surface area contributed by atoms with Crippen molar-refractivity contribution in [3.05, 3.63) is 53.2 Å². The lowest BCUT2D eigenvalue weighted by Gasteiger charge is -2.24. The molecule has 0 spiro atoms. The van der Waals surface area contributed by atoms with Crippen molar-refractivity contribution in [1.29, 1.82) is 0 Å².